The van der Waals surface area contributed by atoms with Crippen LogP contribution in [0.3, 0.4) is 0 Å². The summed E-state index contributed by atoms with van der Waals surface area (Å²) in [6.07, 6.45) is 67.7. The minimum atomic E-state index is -0.276. The van der Waals surface area contributed by atoms with Gasteiger partial charge in [-0.05, 0) is 162 Å². The summed E-state index contributed by atoms with van der Waals surface area (Å²) in [5.41, 5.74) is 0. The van der Waals surface area contributed by atoms with Gasteiger partial charge in [-0.15, -0.1) is 0 Å². The number of unbranched alkanes of at least 4 members (excludes halogenated alkanes) is 24. The van der Waals surface area contributed by atoms with Gasteiger partial charge in [-0.1, -0.05) is 190 Å². The molecule has 0 aliphatic rings. The van der Waals surface area contributed by atoms with Gasteiger partial charge < -0.3 is 14.2 Å². The number of hydrogen-bond donors (Lipinski definition) is 0. The van der Waals surface area contributed by atoms with Crippen molar-refractivity contribution in [2.24, 2.45) is 5.92 Å². The highest BCUT2D eigenvalue weighted by Gasteiger charge is 2.24. The van der Waals surface area contributed by atoms with Crippen LogP contribution in [0.25, 0.3) is 0 Å². The lowest BCUT2D eigenvalue weighted by Gasteiger charge is -2.26. The van der Waals surface area contributed by atoms with E-state index in [1.165, 1.54) is 116 Å². The summed E-state index contributed by atoms with van der Waals surface area (Å²) in [6, 6.07) is 0. The molecule has 0 radical (unpaired) electrons. The summed E-state index contributed by atoms with van der Waals surface area (Å²) in [5.74, 6) is -0.377. The Morgan fingerprint density at radius 3 is 0.757 bits per heavy atom. The van der Waals surface area contributed by atoms with Gasteiger partial charge in [0.05, 0.1) is 18.3 Å². The van der Waals surface area contributed by atoms with Crippen LogP contribution >= 0.6 is 0 Å². The fourth-order valence-corrected chi connectivity index (χ4v) is 8.93. The van der Waals surface area contributed by atoms with E-state index in [1.807, 2.05) is 20.8 Å². The molecule has 3 unspecified atom stereocenters. The number of carbonyl (C=O) groups is 3. The fourth-order valence-electron chi connectivity index (χ4n) is 8.93. The van der Waals surface area contributed by atoms with Gasteiger partial charge in [-0.2, -0.15) is 0 Å². The van der Waals surface area contributed by atoms with Crippen LogP contribution in [-0.4, -0.2) is 36.2 Å². The third-order valence-corrected chi connectivity index (χ3v) is 13.0. The molecule has 0 aromatic rings. The monoisotopic (exact) mass is 977 g/mol. The van der Waals surface area contributed by atoms with Crippen LogP contribution in [0.2, 0.25) is 0 Å². The van der Waals surface area contributed by atoms with E-state index in [4.69, 9.17) is 14.2 Å². The molecule has 0 bridgehead atoms. The molecule has 70 heavy (non-hydrogen) atoms. The molecule has 3 atom stereocenters. The van der Waals surface area contributed by atoms with Gasteiger partial charge >= 0.3 is 17.9 Å². The lowest BCUT2D eigenvalue weighted by Crippen LogP contribution is -2.26. The van der Waals surface area contributed by atoms with Crippen molar-refractivity contribution in [3.05, 3.63) is 72.9 Å². The average Bonchev–Trinajstić information content (AvgIpc) is 3.32. The molecule has 0 spiro atoms. The van der Waals surface area contributed by atoms with Crippen LogP contribution in [0.1, 0.15) is 292 Å². The molecule has 6 nitrogen and oxygen atoms in total. The van der Waals surface area contributed by atoms with Crippen LogP contribution < -0.4 is 0 Å². The van der Waals surface area contributed by atoms with Gasteiger partial charge in [0.2, 0.25) is 0 Å². The summed E-state index contributed by atoms with van der Waals surface area (Å²) in [7, 11) is 0. The maximum Gasteiger partial charge on any atom is 0.306 e. The summed E-state index contributed by atoms with van der Waals surface area (Å²) in [6.45, 7) is 12.6. The van der Waals surface area contributed by atoms with Crippen molar-refractivity contribution < 1.29 is 28.6 Å². The molecule has 6 heteroatoms. The highest BCUT2D eigenvalue weighted by molar-refractivity contribution is 5.70. The first-order valence-corrected chi connectivity index (χ1v) is 29.7. The number of hydrogen-bond acceptors (Lipinski definition) is 6. The molecule has 0 aliphatic carbocycles. The first kappa shape index (κ1) is 66.9. The standard InChI is InChI=1S/C64H112O6/c1-7-10-13-16-19-22-25-28-31-34-37-40-43-46-49-52-62(65)68-58(4)55-61(56-59(5)69-63(66)53-50-47-44-41-38-35-32-29-26-23-20-17-14-11-8-2)57-60(6)70-64(67)54-51-48-45-42-39-36-33-30-27-24-21-18-15-12-9-3/h19-24,28-33,58-61H,7-18,25-27,34-57H2,1-6H3/b22-19-,23-20-,24-21-,31-28-,32-29-,33-30-. The topological polar surface area (TPSA) is 78.9 Å². The predicted octanol–water partition coefficient (Wildman–Crippen LogP) is 20.0. The Morgan fingerprint density at radius 1 is 0.300 bits per heavy atom. The van der Waals surface area contributed by atoms with Crippen LogP contribution in [-0.2, 0) is 28.6 Å². The lowest BCUT2D eigenvalue weighted by molar-refractivity contribution is -0.150. The molecule has 0 aliphatic heterocycles. The lowest BCUT2D eigenvalue weighted by atomic mass is 9.90. The number of esters is 3. The van der Waals surface area contributed by atoms with Crippen molar-refractivity contribution in [2.75, 3.05) is 0 Å². The second-order valence-electron chi connectivity index (χ2n) is 20.4. The van der Waals surface area contributed by atoms with E-state index in [2.05, 4.69) is 93.7 Å². The van der Waals surface area contributed by atoms with Crippen LogP contribution in [0, 0.1) is 5.92 Å². The van der Waals surface area contributed by atoms with Crippen molar-refractivity contribution in [3.63, 3.8) is 0 Å². The third kappa shape index (κ3) is 51.2. The van der Waals surface area contributed by atoms with Gasteiger partial charge in [0.15, 0.2) is 0 Å². The minimum Gasteiger partial charge on any atom is -0.463 e. The quantitative estimate of drug-likeness (QED) is 0.0262. The Balaban J connectivity index is 4.74. The van der Waals surface area contributed by atoms with Gasteiger partial charge in [0, 0.05) is 19.3 Å². The van der Waals surface area contributed by atoms with Crippen molar-refractivity contribution in [1.29, 1.82) is 0 Å². The first-order chi connectivity index (χ1) is 34.2. The zero-order valence-corrected chi connectivity index (χ0v) is 46.8. The maximum absolute atomic E-state index is 12.9. The Labute approximate surface area is 433 Å². The van der Waals surface area contributed by atoms with E-state index < -0.39 is 0 Å². The molecule has 0 saturated heterocycles. The van der Waals surface area contributed by atoms with Crippen molar-refractivity contribution in [3.8, 4) is 0 Å². The molecule has 0 saturated carbocycles. The average molecular weight is 978 g/mol. The number of allylic oxidation sites excluding steroid dienone is 12. The molecule has 0 N–H and O–H groups in total. The highest BCUT2D eigenvalue weighted by atomic mass is 16.6. The molecular formula is C64H112O6. The SMILES string of the molecule is CCCCC/C=C\C/C=C\CCCCCCCC(=O)OC(C)CC(CC(C)OC(=O)CCCCCCC/C=C\C/C=C\CCCCC)CC(C)OC(=O)CCCCCCC/C=C\C/C=C\CCCCC. The van der Waals surface area contributed by atoms with E-state index in [1.54, 1.807) is 0 Å². The molecule has 0 amide bonds. The summed E-state index contributed by atoms with van der Waals surface area (Å²) in [4.78, 5) is 38.6. The second kappa shape index (κ2) is 53.6. The molecule has 404 valence electrons. The summed E-state index contributed by atoms with van der Waals surface area (Å²) < 4.78 is 17.8. The molecule has 0 heterocycles. The zero-order chi connectivity index (χ0) is 51.2. The molecule has 0 rings (SSSR count). The summed E-state index contributed by atoms with van der Waals surface area (Å²) >= 11 is 0. The smallest absolute Gasteiger partial charge is 0.306 e. The minimum absolute atomic E-state index is 0.0657. The Hall–Kier alpha value is -3.15. The molecule has 0 fully saturated rings. The van der Waals surface area contributed by atoms with Crippen molar-refractivity contribution in [1.82, 2.24) is 0 Å². The van der Waals surface area contributed by atoms with Gasteiger partial charge in [-0.25, -0.2) is 0 Å². The Kier molecular flexibility index (Phi) is 51.2. The van der Waals surface area contributed by atoms with E-state index >= 15 is 0 Å². The van der Waals surface area contributed by atoms with E-state index in [9.17, 15) is 14.4 Å². The first-order valence-electron chi connectivity index (χ1n) is 29.7. The van der Waals surface area contributed by atoms with Gasteiger partial charge in [0.1, 0.15) is 0 Å². The van der Waals surface area contributed by atoms with Gasteiger partial charge in [0.25, 0.3) is 0 Å². The number of carbonyl (C=O) groups excluding carboxylic acids is 3. The maximum atomic E-state index is 12.9. The Bertz CT molecular complexity index is 1190. The molecule has 0 aromatic heterocycles. The van der Waals surface area contributed by atoms with Crippen LogP contribution in [0.15, 0.2) is 72.9 Å². The predicted molar refractivity (Wildman–Crippen MR) is 302 cm³/mol. The Morgan fingerprint density at radius 2 is 0.514 bits per heavy atom. The van der Waals surface area contributed by atoms with Crippen molar-refractivity contribution >= 4 is 17.9 Å². The second-order valence-corrected chi connectivity index (χ2v) is 20.4. The third-order valence-electron chi connectivity index (χ3n) is 13.0. The largest absolute Gasteiger partial charge is 0.463 e. The van der Waals surface area contributed by atoms with Crippen molar-refractivity contribution in [2.45, 2.75) is 310 Å². The zero-order valence-electron chi connectivity index (χ0n) is 46.8. The van der Waals surface area contributed by atoms with Gasteiger partial charge in [-0.3, -0.25) is 14.4 Å². The van der Waals surface area contributed by atoms with E-state index in [-0.39, 0.29) is 42.1 Å². The highest BCUT2D eigenvalue weighted by Crippen LogP contribution is 2.25. The van der Waals surface area contributed by atoms with E-state index in [0.29, 0.717) is 38.5 Å². The summed E-state index contributed by atoms with van der Waals surface area (Å²) in [5, 5.41) is 0. The van der Waals surface area contributed by atoms with Crippen LogP contribution in [0.5, 0.6) is 0 Å². The number of rotatable bonds is 51. The normalized spacial score (nSPS) is 14.0. The van der Waals surface area contributed by atoms with E-state index in [0.717, 1.165) is 96.3 Å². The molecular weight excluding hydrogens is 865 g/mol. The van der Waals surface area contributed by atoms with Crippen LogP contribution in [0.4, 0.5) is 0 Å². The fraction of sp³-hybridized carbons (Fsp3) is 0.766. The number of ether oxygens (including phenoxy) is 3. The molecule has 0 aromatic carbocycles.